The fourth-order valence-electron chi connectivity index (χ4n) is 3.05. The highest BCUT2D eigenvalue weighted by Gasteiger charge is 2.33. The van der Waals surface area contributed by atoms with Gasteiger partial charge in [0.15, 0.2) is 0 Å². The number of carbonyl (C=O) groups is 1. The zero-order valence-electron chi connectivity index (χ0n) is 13.9. The summed E-state index contributed by atoms with van der Waals surface area (Å²) in [7, 11) is 1.64. The van der Waals surface area contributed by atoms with Crippen LogP contribution in [0.1, 0.15) is 12.5 Å². The molecule has 1 saturated heterocycles. The van der Waals surface area contributed by atoms with E-state index in [0.29, 0.717) is 25.3 Å². The van der Waals surface area contributed by atoms with Gasteiger partial charge in [-0.3, -0.25) is 9.69 Å². The van der Waals surface area contributed by atoms with E-state index in [1.54, 1.807) is 30.2 Å². The highest BCUT2D eigenvalue weighted by Crippen LogP contribution is 2.24. The third kappa shape index (κ3) is 3.26. The zero-order valence-corrected chi connectivity index (χ0v) is 13.9. The number of para-hydroxylation sites is 1. The van der Waals surface area contributed by atoms with Gasteiger partial charge in [-0.2, -0.15) is 0 Å². The number of anilines is 1. The second kappa shape index (κ2) is 7.01. The Labute approximate surface area is 141 Å². The second-order valence-electron chi connectivity index (χ2n) is 5.94. The van der Waals surface area contributed by atoms with Crippen molar-refractivity contribution in [3.8, 4) is 5.75 Å². The fourth-order valence-corrected chi connectivity index (χ4v) is 3.05. The molecular weight excluding hydrogens is 307 g/mol. The van der Waals surface area contributed by atoms with Gasteiger partial charge in [0.05, 0.1) is 18.8 Å². The summed E-state index contributed by atoms with van der Waals surface area (Å²) < 4.78 is 19.2. The van der Waals surface area contributed by atoms with Gasteiger partial charge in [-0.1, -0.05) is 24.3 Å². The van der Waals surface area contributed by atoms with Crippen molar-refractivity contribution in [1.82, 2.24) is 4.90 Å². The van der Waals surface area contributed by atoms with Crippen LogP contribution in [-0.2, 0) is 11.3 Å². The Bertz CT molecular complexity index is 735. The number of nitrogens with zero attached hydrogens (tertiary/aromatic N) is 2. The van der Waals surface area contributed by atoms with Crippen LogP contribution >= 0.6 is 0 Å². The number of methoxy groups -OCH3 is 1. The summed E-state index contributed by atoms with van der Waals surface area (Å²) in [6.07, 6.45) is 0. The van der Waals surface area contributed by atoms with Crippen LogP contribution in [0.15, 0.2) is 48.5 Å². The van der Waals surface area contributed by atoms with Crippen LogP contribution in [0.2, 0.25) is 0 Å². The number of benzene rings is 2. The standard InChI is InChI=1S/C19H21FN2O2/c1-14-19(23)22(18-9-4-3-8-17(18)20)11-10-21(14)13-15-6-5-7-16(12-15)24-2/h3-9,12,14H,10-11,13H2,1-2H3/t14-/m0/s1. The number of carbonyl (C=O) groups excluding carboxylic acids is 1. The van der Waals surface area contributed by atoms with Gasteiger partial charge >= 0.3 is 0 Å². The predicted molar refractivity (Wildman–Crippen MR) is 91.6 cm³/mol. The number of piperazine rings is 1. The minimum Gasteiger partial charge on any atom is -0.497 e. The van der Waals surface area contributed by atoms with Crippen LogP contribution in [0.5, 0.6) is 5.75 Å². The summed E-state index contributed by atoms with van der Waals surface area (Å²) in [6, 6.07) is 13.9. The molecule has 0 aromatic heterocycles. The lowest BCUT2D eigenvalue weighted by Gasteiger charge is -2.39. The summed E-state index contributed by atoms with van der Waals surface area (Å²) in [6.45, 7) is 3.71. The van der Waals surface area contributed by atoms with Crippen molar-refractivity contribution in [3.05, 3.63) is 59.9 Å². The third-order valence-electron chi connectivity index (χ3n) is 4.45. The van der Waals surface area contributed by atoms with E-state index in [4.69, 9.17) is 4.74 Å². The highest BCUT2D eigenvalue weighted by molar-refractivity contribution is 5.97. The number of ether oxygens (including phenoxy) is 1. The largest absolute Gasteiger partial charge is 0.497 e. The van der Waals surface area contributed by atoms with E-state index < -0.39 is 0 Å². The maximum Gasteiger partial charge on any atom is 0.244 e. The van der Waals surface area contributed by atoms with Crippen molar-refractivity contribution in [2.45, 2.75) is 19.5 Å². The molecule has 1 heterocycles. The van der Waals surface area contributed by atoms with E-state index in [1.165, 1.54) is 6.07 Å². The molecule has 0 radical (unpaired) electrons. The molecule has 1 fully saturated rings. The molecule has 0 unspecified atom stereocenters. The molecule has 2 aromatic rings. The number of hydrogen-bond donors (Lipinski definition) is 0. The number of amides is 1. The Morgan fingerprint density at radius 3 is 2.71 bits per heavy atom. The van der Waals surface area contributed by atoms with Crippen molar-refractivity contribution in [2.24, 2.45) is 0 Å². The Morgan fingerprint density at radius 1 is 1.17 bits per heavy atom. The molecule has 1 aliphatic heterocycles. The number of halogens is 1. The second-order valence-corrected chi connectivity index (χ2v) is 5.94. The summed E-state index contributed by atoms with van der Waals surface area (Å²) in [4.78, 5) is 16.3. The molecule has 1 amide bonds. The van der Waals surface area contributed by atoms with Crippen molar-refractivity contribution >= 4 is 11.6 Å². The average molecular weight is 328 g/mol. The first-order valence-electron chi connectivity index (χ1n) is 8.03. The van der Waals surface area contributed by atoms with Crippen LogP contribution in [0.3, 0.4) is 0 Å². The topological polar surface area (TPSA) is 32.8 Å². The van der Waals surface area contributed by atoms with Gasteiger partial charge in [0.1, 0.15) is 11.6 Å². The lowest BCUT2D eigenvalue weighted by Crippen LogP contribution is -2.55. The van der Waals surface area contributed by atoms with Gasteiger partial charge < -0.3 is 9.64 Å². The van der Waals surface area contributed by atoms with Gasteiger partial charge in [0.2, 0.25) is 5.91 Å². The zero-order chi connectivity index (χ0) is 17.1. The molecule has 24 heavy (non-hydrogen) atoms. The number of rotatable bonds is 4. The SMILES string of the molecule is COc1cccc(CN2CCN(c3ccccc3F)C(=O)[C@@H]2C)c1. The summed E-state index contributed by atoms with van der Waals surface area (Å²) in [5.41, 5.74) is 1.45. The quantitative estimate of drug-likeness (QED) is 0.865. The fraction of sp³-hybridized carbons (Fsp3) is 0.316. The molecule has 1 aliphatic rings. The summed E-state index contributed by atoms with van der Waals surface area (Å²) in [5.74, 6) is 0.366. The molecule has 4 nitrogen and oxygen atoms in total. The summed E-state index contributed by atoms with van der Waals surface area (Å²) >= 11 is 0. The lowest BCUT2D eigenvalue weighted by atomic mass is 10.1. The van der Waals surface area contributed by atoms with Gasteiger partial charge in [-0.05, 0) is 36.8 Å². The molecular formula is C19H21FN2O2. The smallest absolute Gasteiger partial charge is 0.244 e. The first-order chi connectivity index (χ1) is 11.6. The first kappa shape index (κ1) is 16.5. The molecule has 2 aromatic carbocycles. The van der Waals surface area contributed by atoms with E-state index in [2.05, 4.69) is 4.90 Å². The van der Waals surface area contributed by atoms with Crippen molar-refractivity contribution in [1.29, 1.82) is 0 Å². The summed E-state index contributed by atoms with van der Waals surface area (Å²) in [5, 5.41) is 0. The molecule has 0 saturated carbocycles. The third-order valence-corrected chi connectivity index (χ3v) is 4.45. The maximum atomic E-state index is 14.0. The monoisotopic (exact) mass is 328 g/mol. The highest BCUT2D eigenvalue weighted by atomic mass is 19.1. The molecule has 0 N–H and O–H groups in total. The molecule has 5 heteroatoms. The van der Waals surface area contributed by atoms with Crippen molar-refractivity contribution in [3.63, 3.8) is 0 Å². The van der Waals surface area contributed by atoms with Gasteiger partial charge in [0.25, 0.3) is 0 Å². The van der Waals surface area contributed by atoms with Crippen LogP contribution in [0.4, 0.5) is 10.1 Å². The van der Waals surface area contributed by atoms with E-state index in [-0.39, 0.29) is 17.8 Å². The Hall–Kier alpha value is -2.40. The van der Waals surface area contributed by atoms with Gasteiger partial charge in [0, 0.05) is 19.6 Å². The van der Waals surface area contributed by atoms with Gasteiger partial charge in [-0.15, -0.1) is 0 Å². The van der Waals surface area contributed by atoms with E-state index in [9.17, 15) is 9.18 Å². The van der Waals surface area contributed by atoms with Crippen molar-refractivity contribution < 1.29 is 13.9 Å². The van der Waals surface area contributed by atoms with Crippen LogP contribution < -0.4 is 9.64 Å². The average Bonchev–Trinajstić information content (AvgIpc) is 2.60. The minimum absolute atomic E-state index is 0.0748. The van der Waals surface area contributed by atoms with Gasteiger partial charge in [-0.25, -0.2) is 4.39 Å². The van der Waals surface area contributed by atoms with Crippen LogP contribution in [-0.4, -0.2) is 37.0 Å². The lowest BCUT2D eigenvalue weighted by molar-refractivity contribution is -0.125. The molecule has 1 atom stereocenters. The van der Waals surface area contributed by atoms with E-state index >= 15 is 0 Å². The molecule has 0 spiro atoms. The molecule has 126 valence electrons. The maximum absolute atomic E-state index is 14.0. The van der Waals surface area contributed by atoms with E-state index in [1.807, 2.05) is 31.2 Å². The Kier molecular flexibility index (Phi) is 4.81. The molecule has 0 aliphatic carbocycles. The van der Waals surface area contributed by atoms with Crippen LogP contribution in [0, 0.1) is 5.82 Å². The molecule has 3 rings (SSSR count). The Morgan fingerprint density at radius 2 is 1.96 bits per heavy atom. The van der Waals surface area contributed by atoms with Crippen LogP contribution in [0.25, 0.3) is 0 Å². The Balaban J connectivity index is 1.74. The first-order valence-corrected chi connectivity index (χ1v) is 8.03. The number of hydrogen-bond acceptors (Lipinski definition) is 3. The predicted octanol–water partition coefficient (Wildman–Crippen LogP) is 3.07. The van der Waals surface area contributed by atoms with Crippen molar-refractivity contribution in [2.75, 3.05) is 25.1 Å². The normalized spacial score (nSPS) is 18.7. The molecule has 0 bridgehead atoms. The minimum atomic E-state index is -0.362. The van der Waals surface area contributed by atoms with E-state index in [0.717, 1.165) is 11.3 Å².